The van der Waals surface area contributed by atoms with Gasteiger partial charge in [-0.1, -0.05) is 13.8 Å². The van der Waals surface area contributed by atoms with Gasteiger partial charge in [0.05, 0.1) is 4.90 Å². The van der Waals surface area contributed by atoms with E-state index in [1.807, 2.05) is 12.1 Å². The Morgan fingerprint density at radius 3 is 2.55 bits per heavy atom. The molecule has 0 aromatic heterocycles. The van der Waals surface area contributed by atoms with E-state index in [9.17, 15) is 8.42 Å². The average Bonchev–Trinajstić information content (AvgIpc) is 2.95. The van der Waals surface area contributed by atoms with Crippen LogP contribution in [0, 0.1) is 0 Å². The maximum Gasteiger partial charge on any atom is 0.243 e. The molecule has 0 amide bonds. The summed E-state index contributed by atoms with van der Waals surface area (Å²) in [6.07, 6.45) is 3.88. The first kappa shape index (κ1) is 15.3. The van der Waals surface area contributed by atoms with Crippen LogP contribution in [0.15, 0.2) is 29.2 Å². The molecular formula is C15H24N2O2S. The molecule has 1 aromatic rings. The molecular weight excluding hydrogens is 272 g/mol. The highest BCUT2D eigenvalue weighted by atomic mass is 32.2. The molecule has 0 saturated carbocycles. The summed E-state index contributed by atoms with van der Waals surface area (Å²) in [6, 6.07) is 7.27. The van der Waals surface area contributed by atoms with Crippen LogP contribution in [-0.2, 0) is 10.0 Å². The third-order valence-corrected chi connectivity index (χ3v) is 5.80. The highest BCUT2D eigenvalue weighted by Crippen LogP contribution is 2.28. The Labute approximate surface area is 122 Å². The van der Waals surface area contributed by atoms with E-state index in [4.69, 9.17) is 0 Å². The molecule has 0 bridgehead atoms. The first-order valence-electron chi connectivity index (χ1n) is 7.45. The molecule has 0 spiro atoms. The number of nitrogens with one attached hydrogen (secondary N) is 1. The molecule has 5 heteroatoms. The third-order valence-electron chi connectivity index (χ3n) is 3.83. The minimum Gasteiger partial charge on any atom is -0.385 e. The number of anilines is 1. The van der Waals surface area contributed by atoms with E-state index in [1.54, 1.807) is 16.4 Å². The first-order chi connectivity index (χ1) is 9.59. The fraction of sp³-hybridized carbons (Fsp3) is 0.600. The summed E-state index contributed by atoms with van der Waals surface area (Å²) in [6.45, 7) is 5.70. The molecule has 1 aromatic carbocycles. The van der Waals surface area contributed by atoms with Gasteiger partial charge in [-0.05, 0) is 49.9 Å². The van der Waals surface area contributed by atoms with Crippen molar-refractivity contribution in [1.82, 2.24) is 4.31 Å². The number of benzene rings is 1. The number of sulfonamides is 1. The van der Waals surface area contributed by atoms with Crippen LogP contribution >= 0.6 is 0 Å². The minimum atomic E-state index is -3.33. The molecule has 112 valence electrons. The fourth-order valence-corrected chi connectivity index (χ4v) is 4.45. The number of rotatable bonds is 6. The predicted molar refractivity (Wildman–Crippen MR) is 82.4 cm³/mol. The van der Waals surface area contributed by atoms with Gasteiger partial charge in [0.2, 0.25) is 10.0 Å². The Morgan fingerprint density at radius 1 is 1.25 bits per heavy atom. The third kappa shape index (κ3) is 3.15. The van der Waals surface area contributed by atoms with Crippen molar-refractivity contribution >= 4 is 15.7 Å². The standard InChI is InChI=1S/C15H24N2O2S/c1-3-11-16-13-7-9-15(10-8-13)20(18,19)17-12-5-6-14(17)4-2/h7-10,14,16H,3-6,11-12H2,1-2H3. The molecule has 4 nitrogen and oxygen atoms in total. The lowest BCUT2D eigenvalue weighted by Gasteiger charge is -2.23. The molecule has 1 heterocycles. The van der Waals surface area contributed by atoms with Gasteiger partial charge in [0.1, 0.15) is 0 Å². The summed E-state index contributed by atoms with van der Waals surface area (Å²) in [5.41, 5.74) is 0.972. The second-order valence-electron chi connectivity index (χ2n) is 5.27. The first-order valence-corrected chi connectivity index (χ1v) is 8.89. The summed E-state index contributed by atoms with van der Waals surface area (Å²) in [7, 11) is -3.33. The van der Waals surface area contributed by atoms with Crippen LogP contribution in [0.3, 0.4) is 0 Å². The number of hydrogen-bond acceptors (Lipinski definition) is 3. The lowest BCUT2D eigenvalue weighted by molar-refractivity contribution is 0.379. The summed E-state index contributed by atoms with van der Waals surface area (Å²) in [5.74, 6) is 0. The zero-order valence-electron chi connectivity index (χ0n) is 12.3. The monoisotopic (exact) mass is 296 g/mol. The van der Waals surface area contributed by atoms with Crippen LogP contribution < -0.4 is 5.32 Å². The van der Waals surface area contributed by atoms with Gasteiger partial charge in [-0.3, -0.25) is 0 Å². The Kier molecular flexibility index (Phi) is 5.05. The van der Waals surface area contributed by atoms with E-state index < -0.39 is 10.0 Å². The van der Waals surface area contributed by atoms with E-state index in [1.165, 1.54) is 0 Å². The molecule has 0 radical (unpaired) electrons. The van der Waals surface area contributed by atoms with Crippen molar-refractivity contribution in [3.05, 3.63) is 24.3 Å². The fourth-order valence-electron chi connectivity index (χ4n) is 2.68. The maximum atomic E-state index is 12.6. The van der Waals surface area contributed by atoms with Crippen molar-refractivity contribution in [3.8, 4) is 0 Å². The Morgan fingerprint density at radius 2 is 1.95 bits per heavy atom. The van der Waals surface area contributed by atoms with E-state index in [-0.39, 0.29) is 6.04 Å². The van der Waals surface area contributed by atoms with Crippen LogP contribution in [-0.4, -0.2) is 31.9 Å². The second-order valence-corrected chi connectivity index (χ2v) is 7.16. The highest BCUT2D eigenvalue weighted by Gasteiger charge is 2.33. The summed E-state index contributed by atoms with van der Waals surface area (Å²) in [5, 5.41) is 3.25. The normalized spacial score (nSPS) is 20.2. The van der Waals surface area contributed by atoms with Gasteiger partial charge in [-0.25, -0.2) is 8.42 Å². The van der Waals surface area contributed by atoms with Crippen molar-refractivity contribution in [2.75, 3.05) is 18.4 Å². The Bertz CT molecular complexity index is 525. The topological polar surface area (TPSA) is 49.4 Å². The SMILES string of the molecule is CCCNc1ccc(S(=O)(=O)N2CCCC2CC)cc1. The van der Waals surface area contributed by atoms with Gasteiger partial charge in [-0.2, -0.15) is 4.31 Å². The lowest BCUT2D eigenvalue weighted by atomic mass is 10.2. The number of nitrogens with zero attached hydrogens (tertiary/aromatic N) is 1. The molecule has 1 aliphatic rings. The molecule has 1 fully saturated rings. The molecule has 20 heavy (non-hydrogen) atoms. The maximum absolute atomic E-state index is 12.6. The molecule has 1 N–H and O–H groups in total. The van der Waals surface area contributed by atoms with Crippen LogP contribution in [0.4, 0.5) is 5.69 Å². The van der Waals surface area contributed by atoms with E-state index in [0.29, 0.717) is 11.4 Å². The summed E-state index contributed by atoms with van der Waals surface area (Å²) >= 11 is 0. The number of hydrogen-bond donors (Lipinski definition) is 1. The van der Waals surface area contributed by atoms with Crippen LogP contribution in [0.5, 0.6) is 0 Å². The second kappa shape index (κ2) is 6.59. The van der Waals surface area contributed by atoms with Crippen molar-refractivity contribution < 1.29 is 8.42 Å². The summed E-state index contributed by atoms with van der Waals surface area (Å²) in [4.78, 5) is 0.403. The van der Waals surface area contributed by atoms with Gasteiger partial charge in [0.25, 0.3) is 0 Å². The molecule has 1 aliphatic heterocycles. The molecule has 2 rings (SSSR count). The van der Waals surface area contributed by atoms with Crippen molar-refractivity contribution in [3.63, 3.8) is 0 Å². The summed E-state index contributed by atoms with van der Waals surface area (Å²) < 4.78 is 26.9. The van der Waals surface area contributed by atoms with Gasteiger partial charge in [-0.15, -0.1) is 0 Å². The predicted octanol–water partition coefficient (Wildman–Crippen LogP) is 3.07. The highest BCUT2D eigenvalue weighted by molar-refractivity contribution is 7.89. The van der Waals surface area contributed by atoms with E-state index in [2.05, 4.69) is 19.2 Å². The van der Waals surface area contributed by atoms with Gasteiger partial charge in [0, 0.05) is 24.8 Å². The Hall–Kier alpha value is -1.07. The zero-order chi connectivity index (χ0) is 14.6. The zero-order valence-corrected chi connectivity index (χ0v) is 13.1. The average molecular weight is 296 g/mol. The smallest absolute Gasteiger partial charge is 0.243 e. The van der Waals surface area contributed by atoms with Gasteiger partial charge in [0.15, 0.2) is 0 Å². The lowest BCUT2D eigenvalue weighted by Crippen LogP contribution is -2.35. The molecule has 1 unspecified atom stereocenters. The van der Waals surface area contributed by atoms with E-state index in [0.717, 1.165) is 37.9 Å². The van der Waals surface area contributed by atoms with Crippen LogP contribution in [0.2, 0.25) is 0 Å². The van der Waals surface area contributed by atoms with Gasteiger partial charge < -0.3 is 5.32 Å². The minimum absolute atomic E-state index is 0.165. The van der Waals surface area contributed by atoms with Crippen LogP contribution in [0.1, 0.15) is 39.5 Å². The molecule has 1 saturated heterocycles. The van der Waals surface area contributed by atoms with Crippen molar-refractivity contribution in [2.45, 2.75) is 50.5 Å². The van der Waals surface area contributed by atoms with Gasteiger partial charge >= 0.3 is 0 Å². The Balaban J connectivity index is 2.17. The van der Waals surface area contributed by atoms with Crippen molar-refractivity contribution in [1.29, 1.82) is 0 Å². The van der Waals surface area contributed by atoms with E-state index >= 15 is 0 Å². The van der Waals surface area contributed by atoms with Crippen LogP contribution in [0.25, 0.3) is 0 Å². The molecule has 1 atom stereocenters. The molecule has 0 aliphatic carbocycles. The quantitative estimate of drug-likeness (QED) is 0.877. The largest absolute Gasteiger partial charge is 0.385 e. The van der Waals surface area contributed by atoms with Crippen molar-refractivity contribution in [2.24, 2.45) is 0 Å².